The van der Waals surface area contributed by atoms with E-state index in [2.05, 4.69) is 37.8 Å². The van der Waals surface area contributed by atoms with Gasteiger partial charge in [0.05, 0.1) is 12.3 Å². The molecule has 2 rings (SSSR count). The van der Waals surface area contributed by atoms with Crippen molar-refractivity contribution in [1.82, 2.24) is 15.1 Å². The van der Waals surface area contributed by atoms with E-state index >= 15 is 0 Å². The van der Waals surface area contributed by atoms with Crippen LogP contribution in [0.1, 0.15) is 56.6 Å². The van der Waals surface area contributed by atoms with Crippen LogP contribution in [0.3, 0.4) is 0 Å². The minimum absolute atomic E-state index is 0.425. The zero-order chi connectivity index (χ0) is 14.5. The molecule has 4 nitrogen and oxygen atoms in total. The van der Waals surface area contributed by atoms with Gasteiger partial charge in [-0.25, -0.2) is 0 Å². The topological polar surface area (TPSA) is 39.1 Å². The van der Waals surface area contributed by atoms with E-state index in [0.717, 1.165) is 39.0 Å². The van der Waals surface area contributed by atoms with E-state index in [4.69, 9.17) is 9.84 Å². The van der Waals surface area contributed by atoms with Crippen LogP contribution >= 0.6 is 0 Å². The second kappa shape index (κ2) is 7.23. The molecule has 1 fully saturated rings. The standard InChI is InChI=1S/C16H29N3O/c1-5-13(17-4)16-14(6-2)18-19(15(16)7-3)10-12-8-9-20-11-12/h12-13,17H,5-11H2,1-4H3. The summed E-state index contributed by atoms with van der Waals surface area (Å²) in [4.78, 5) is 0. The average Bonchev–Trinajstić information content (AvgIpc) is 3.08. The molecule has 0 amide bonds. The molecule has 1 aromatic heterocycles. The molecule has 2 unspecified atom stereocenters. The number of nitrogens with zero attached hydrogens (tertiary/aromatic N) is 2. The van der Waals surface area contributed by atoms with Crippen molar-refractivity contribution in [2.24, 2.45) is 5.92 Å². The molecule has 4 heteroatoms. The third kappa shape index (κ3) is 3.07. The van der Waals surface area contributed by atoms with Crippen molar-refractivity contribution in [3.05, 3.63) is 17.0 Å². The molecule has 0 spiro atoms. The fourth-order valence-electron chi connectivity index (χ4n) is 3.28. The van der Waals surface area contributed by atoms with Crippen LogP contribution in [0.5, 0.6) is 0 Å². The average molecular weight is 279 g/mol. The Labute approximate surface area is 122 Å². The highest BCUT2D eigenvalue weighted by Gasteiger charge is 2.24. The summed E-state index contributed by atoms with van der Waals surface area (Å²) in [6.07, 6.45) is 4.33. The van der Waals surface area contributed by atoms with E-state index < -0.39 is 0 Å². The summed E-state index contributed by atoms with van der Waals surface area (Å²) >= 11 is 0. The highest BCUT2D eigenvalue weighted by atomic mass is 16.5. The Morgan fingerprint density at radius 2 is 2.15 bits per heavy atom. The summed E-state index contributed by atoms with van der Waals surface area (Å²) in [5, 5.41) is 8.35. The number of rotatable bonds is 7. The molecule has 1 aromatic rings. The zero-order valence-corrected chi connectivity index (χ0v) is 13.4. The molecule has 0 radical (unpaired) electrons. The van der Waals surface area contributed by atoms with Gasteiger partial charge in [-0.05, 0) is 32.7 Å². The summed E-state index contributed by atoms with van der Waals surface area (Å²) in [6.45, 7) is 9.50. The van der Waals surface area contributed by atoms with Crippen LogP contribution in [0.4, 0.5) is 0 Å². The molecular formula is C16H29N3O. The van der Waals surface area contributed by atoms with Crippen molar-refractivity contribution in [2.75, 3.05) is 20.3 Å². The van der Waals surface area contributed by atoms with Crippen molar-refractivity contribution in [3.8, 4) is 0 Å². The van der Waals surface area contributed by atoms with Crippen LogP contribution < -0.4 is 5.32 Å². The first-order chi connectivity index (χ1) is 9.74. The van der Waals surface area contributed by atoms with E-state index in [0.29, 0.717) is 12.0 Å². The molecule has 0 bridgehead atoms. The van der Waals surface area contributed by atoms with Crippen LogP contribution in [0.2, 0.25) is 0 Å². The summed E-state index contributed by atoms with van der Waals surface area (Å²) in [5.74, 6) is 0.632. The van der Waals surface area contributed by atoms with Gasteiger partial charge in [0.2, 0.25) is 0 Å². The molecule has 114 valence electrons. The van der Waals surface area contributed by atoms with Gasteiger partial charge in [-0.1, -0.05) is 20.8 Å². The molecule has 0 aromatic carbocycles. The lowest BCUT2D eigenvalue weighted by atomic mass is 9.99. The smallest absolute Gasteiger partial charge is 0.0672 e. The van der Waals surface area contributed by atoms with Crippen LogP contribution in [0.15, 0.2) is 0 Å². The van der Waals surface area contributed by atoms with Gasteiger partial charge in [0.1, 0.15) is 0 Å². The lowest BCUT2D eigenvalue weighted by Gasteiger charge is -2.17. The Hall–Kier alpha value is -0.870. The van der Waals surface area contributed by atoms with E-state index in [1.165, 1.54) is 23.4 Å². The lowest BCUT2D eigenvalue weighted by Crippen LogP contribution is -2.19. The van der Waals surface area contributed by atoms with E-state index in [-0.39, 0.29) is 0 Å². The second-order valence-corrected chi connectivity index (χ2v) is 5.68. The number of aryl methyl sites for hydroxylation is 1. The van der Waals surface area contributed by atoms with E-state index in [1.54, 1.807) is 0 Å². The van der Waals surface area contributed by atoms with Crippen LogP contribution in [0, 0.1) is 5.92 Å². The number of nitrogens with one attached hydrogen (secondary N) is 1. The fraction of sp³-hybridized carbons (Fsp3) is 0.812. The first-order valence-corrected chi connectivity index (χ1v) is 8.08. The minimum Gasteiger partial charge on any atom is -0.381 e. The molecule has 1 aliphatic rings. The number of ether oxygens (including phenoxy) is 1. The van der Waals surface area contributed by atoms with Crippen LogP contribution in [-0.2, 0) is 24.1 Å². The molecule has 2 atom stereocenters. The predicted molar refractivity (Wildman–Crippen MR) is 82.0 cm³/mol. The zero-order valence-electron chi connectivity index (χ0n) is 13.4. The Kier molecular flexibility index (Phi) is 5.61. The Morgan fingerprint density at radius 3 is 2.65 bits per heavy atom. The largest absolute Gasteiger partial charge is 0.381 e. The third-order valence-corrected chi connectivity index (χ3v) is 4.40. The lowest BCUT2D eigenvalue weighted by molar-refractivity contribution is 0.181. The number of hydrogen-bond acceptors (Lipinski definition) is 3. The maximum Gasteiger partial charge on any atom is 0.0672 e. The molecule has 20 heavy (non-hydrogen) atoms. The van der Waals surface area contributed by atoms with Gasteiger partial charge in [-0.3, -0.25) is 4.68 Å². The second-order valence-electron chi connectivity index (χ2n) is 5.68. The van der Waals surface area contributed by atoms with Crippen molar-refractivity contribution in [2.45, 2.75) is 59.0 Å². The summed E-state index contributed by atoms with van der Waals surface area (Å²) in [6, 6.07) is 0.425. The number of aromatic nitrogens is 2. The maximum absolute atomic E-state index is 5.50. The molecule has 1 N–H and O–H groups in total. The number of hydrogen-bond donors (Lipinski definition) is 1. The first-order valence-electron chi connectivity index (χ1n) is 8.08. The van der Waals surface area contributed by atoms with Crippen molar-refractivity contribution < 1.29 is 4.74 Å². The molecule has 0 saturated carbocycles. The predicted octanol–water partition coefficient (Wildman–Crippen LogP) is 2.71. The van der Waals surface area contributed by atoms with Gasteiger partial charge < -0.3 is 10.1 Å². The molecule has 0 aliphatic carbocycles. The van der Waals surface area contributed by atoms with Crippen LogP contribution in [0.25, 0.3) is 0 Å². The van der Waals surface area contributed by atoms with Gasteiger partial charge in [-0.15, -0.1) is 0 Å². The third-order valence-electron chi connectivity index (χ3n) is 4.40. The van der Waals surface area contributed by atoms with Crippen molar-refractivity contribution >= 4 is 0 Å². The van der Waals surface area contributed by atoms with Gasteiger partial charge in [0.25, 0.3) is 0 Å². The monoisotopic (exact) mass is 279 g/mol. The first kappa shape index (κ1) is 15.5. The Balaban J connectivity index is 2.31. The molecule has 2 heterocycles. The summed E-state index contributed by atoms with van der Waals surface area (Å²) < 4.78 is 7.76. The maximum atomic E-state index is 5.50. The quantitative estimate of drug-likeness (QED) is 0.834. The van der Waals surface area contributed by atoms with E-state index in [9.17, 15) is 0 Å². The van der Waals surface area contributed by atoms with Gasteiger partial charge in [0.15, 0.2) is 0 Å². The molecule has 1 aliphatic heterocycles. The summed E-state index contributed by atoms with van der Waals surface area (Å²) in [7, 11) is 2.05. The van der Waals surface area contributed by atoms with E-state index in [1.807, 2.05) is 0 Å². The highest BCUT2D eigenvalue weighted by molar-refractivity contribution is 5.30. The SMILES string of the molecule is CCc1nn(CC2CCOC2)c(CC)c1C(CC)NC. The van der Waals surface area contributed by atoms with Crippen LogP contribution in [-0.4, -0.2) is 30.0 Å². The molecular weight excluding hydrogens is 250 g/mol. The summed E-state index contributed by atoms with van der Waals surface area (Å²) in [5.41, 5.74) is 4.12. The minimum atomic E-state index is 0.425. The fourth-order valence-corrected chi connectivity index (χ4v) is 3.28. The van der Waals surface area contributed by atoms with Gasteiger partial charge in [0, 0.05) is 36.4 Å². The van der Waals surface area contributed by atoms with Gasteiger partial charge >= 0.3 is 0 Å². The highest BCUT2D eigenvalue weighted by Crippen LogP contribution is 2.27. The van der Waals surface area contributed by atoms with Crippen molar-refractivity contribution in [1.29, 1.82) is 0 Å². The van der Waals surface area contributed by atoms with Gasteiger partial charge in [-0.2, -0.15) is 5.10 Å². The molecule has 1 saturated heterocycles. The normalized spacial score (nSPS) is 20.5. The van der Waals surface area contributed by atoms with Crippen molar-refractivity contribution in [3.63, 3.8) is 0 Å². The Morgan fingerprint density at radius 1 is 1.35 bits per heavy atom. The Bertz CT molecular complexity index is 418.